The Morgan fingerprint density at radius 3 is 0.889 bits per heavy atom. The van der Waals surface area contributed by atoms with Crippen LogP contribution in [0.3, 0.4) is 0 Å². The first-order valence-electron chi connectivity index (χ1n) is 39.7. The number of carbonyl (C=O) groups is 3. The first-order valence-corrected chi connectivity index (χ1v) is 39.7. The lowest BCUT2D eigenvalue weighted by molar-refractivity contribution is -0.870. The number of esters is 2. The van der Waals surface area contributed by atoms with Gasteiger partial charge in [-0.3, -0.25) is 9.59 Å². The molecule has 0 aliphatic rings. The van der Waals surface area contributed by atoms with Crippen molar-refractivity contribution in [2.24, 2.45) is 0 Å². The summed E-state index contributed by atoms with van der Waals surface area (Å²) < 4.78 is 23.1. The monoisotopic (exact) mass is 1270 g/mol. The highest BCUT2D eigenvalue weighted by atomic mass is 16.7. The highest BCUT2D eigenvalue weighted by Gasteiger charge is 2.25. The van der Waals surface area contributed by atoms with Gasteiger partial charge in [0.05, 0.1) is 34.4 Å². The highest BCUT2D eigenvalue weighted by Crippen LogP contribution is 2.20. The second kappa shape index (κ2) is 72.3. The van der Waals surface area contributed by atoms with Gasteiger partial charge >= 0.3 is 17.9 Å². The van der Waals surface area contributed by atoms with Crippen molar-refractivity contribution in [3.8, 4) is 0 Å². The first kappa shape index (κ1) is 87.5. The molecular weight excluding hydrogens is 1110 g/mol. The normalized spacial score (nSPS) is 12.8. The molecule has 1 N–H and O–H groups in total. The molecule has 0 amide bonds. The lowest BCUT2D eigenvalue weighted by Crippen LogP contribution is -2.40. The number of nitrogens with zero attached hydrogens (tertiary/aromatic N) is 1. The number of allylic oxidation sites excluding steroid dienone is 6. The van der Waals surface area contributed by atoms with Gasteiger partial charge in [0.25, 0.3) is 6.29 Å². The summed E-state index contributed by atoms with van der Waals surface area (Å²) in [5.41, 5.74) is 0. The van der Waals surface area contributed by atoms with E-state index >= 15 is 0 Å². The van der Waals surface area contributed by atoms with E-state index in [1.807, 2.05) is 21.1 Å². The van der Waals surface area contributed by atoms with E-state index in [0.717, 1.165) is 51.4 Å². The first-order chi connectivity index (χ1) is 44.1. The van der Waals surface area contributed by atoms with E-state index in [0.29, 0.717) is 17.4 Å². The predicted molar refractivity (Wildman–Crippen MR) is 387 cm³/mol. The zero-order chi connectivity index (χ0) is 65.4. The lowest BCUT2D eigenvalue weighted by Gasteiger charge is -2.25. The minimum Gasteiger partial charge on any atom is -0.477 e. The number of aliphatic carboxylic acids is 1. The van der Waals surface area contributed by atoms with E-state index in [2.05, 4.69) is 50.3 Å². The fraction of sp³-hybridized carbons (Fsp3) is 0.889. The second-order valence-corrected chi connectivity index (χ2v) is 28.4. The SMILES string of the molecule is CCCCCCC/C=C\C/C=C\C/C=C\CCCCCCCCCCCCCCCCCCCCCCCCCCC(=O)OC(COC(=O)CCCCCCCCCCCCCCCCCCCCCCCCCCCC)COC(OCC[N+](C)(C)C)C(=O)O. The van der Waals surface area contributed by atoms with Crippen LogP contribution in [-0.4, -0.2) is 87.4 Å². The van der Waals surface area contributed by atoms with Crippen molar-refractivity contribution in [1.29, 1.82) is 0 Å². The van der Waals surface area contributed by atoms with Crippen molar-refractivity contribution in [2.45, 2.75) is 418 Å². The number of hydrogen-bond donors (Lipinski definition) is 1. The van der Waals surface area contributed by atoms with Gasteiger partial charge in [0.15, 0.2) is 6.10 Å². The van der Waals surface area contributed by atoms with E-state index in [1.165, 1.54) is 327 Å². The van der Waals surface area contributed by atoms with Gasteiger partial charge in [-0.1, -0.05) is 378 Å². The van der Waals surface area contributed by atoms with E-state index < -0.39 is 18.4 Å². The zero-order valence-electron chi connectivity index (χ0n) is 60.8. The van der Waals surface area contributed by atoms with Crippen molar-refractivity contribution in [3.05, 3.63) is 36.5 Å². The van der Waals surface area contributed by atoms with E-state index in [-0.39, 0.29) is 38.2 Å². The smallest absolute Gasteiger partial charge is 0.361 e. The average molecular weight is 1270 g/mol. The number of carbonyl (C=O) groups excluding carboxylic acids is 2. The van der Waals surface area contributed by atoms with Gasteiger partial charge in [0.2, 0.25) is 0 Å². The maximum atomic E-state index is 13.0. The Morgan fingerprint density at radius 1 is 0.333 bits per heavy atom. The molecule has 0 heterocycles. The Morgan fingerprint density at radius 2 is 0.600 bits per heavy atom. The Bertz CT molecular complexity index is 1570. The molecule has 530 valence electrons. The van der Waals surface area contributed by atoms with Crippen LogP contribution in [-0.2, 0) is 33.3 Å². The third kappa shape index (κ3) is 72.9. The lowest BCUT2D eigenvalue weighted by atomic mass is 10.0. The molecule has 0 fully saturated rings. The zero-order valence-corrected chi connectivity index (χ0v) is 60.8. The van der Waals surface area contributed by atoms with Crippen molar-refractivity contribution < 1.29 is 42.9 Å². The quantitative estimate of drug-likeness (QED) is 0.0211. The summed E-state index contributed by atoms with van der Waals surface area (Å²) in [6, 6.07) is 0. The van der Waals surface area contributed by atoms with E-state index in [4.69, 9.17) is 18.9 Å². The van der Waals surface area contributed by atoms with Gasteiger partial charge in [-0.05, 0) is 51.4 Å². The Hall–Kier alpha value is -2.49. The molecule has 0 saturated heterocycles. The molecule has 0 spiro atoms. The molecule has 0 aliphatic heterocycles. The van der Waals surface area contributed by atoms with Crippen molar-refractivity contribution in [3.63, 3.8) is 0 Å². The predicted octanol–water partition coefficient (Wildman–Crippen LogP) is 25.1. The summed E-state index contributed by atoms with van der Waals surface area (Å²) in [6.07, 6.45) is 90.2. The fourth-order valence-corrected chi connectivity index (χ4v) is 12.1. The van der Waals surface area contributed by atoms with Crippen molar-refractivity contribution in [2.75, 3.05) is 47.5 Å². The van der Waals surface area contributed by atoms with Gasteiger partial charge < -0.3 is 28.5 Å². The molecule has 0 aromatic heterocycles. The molecule has 2 unspecified atom stereocenters. The Labute approximate surface area is 560 Å². The number of likely N-dealkylation sites (N-methyl/N-ethyl adjacent to an activating group) is 1. The largest absolute Gasteiger partial charge is 0.477 e. The van der Waals surface area contributed by atoms with Crippen LogP contribution in [0.2, 0.25) is 0 Å². The van der Waals surface area contributed by atoms with Crippen LogP contribution in [0, 0.1) is 0 Å². The molecule has 0 aliphatic carbocycles. The standard InChI is InChI=1S/C81H153NO8/c1-6-8-10-12-14-16-18-20-22-24-26-28-30-32-34-35-36-37-38-39-40-41-42-43-44-45-46-48-50-52-54-56-58-60-62-64-66-68-70-72-79(84)90-77(76-89-81(80(85)86)87-74-73-82(3,4)5)75-88-78(83)71-69-67-65-63-61-59-57-55-53-51-49-47-33-31-29-27-25-23-21-19-17-15-13-11-9-7-2/h18,20,24,26,30,32,77,81H,6-17,19,21-23,25,27-29,31,33-76H2,1-5H3/p+1/b20-18-,26-24-,32-30-. The molecular formula is C81H154NO8+. The van der Waals surface area contributed by atoms with Gasteiger partial charge in [-0.25, -0.2) is 4.79 Å². The summed E-state index contributed by atoms with van der Waals surface area (Å²) in [7, 11) is 6.00. The van der Waals surface area contributed by atoms with Gasteiger partial charge in [0.1, 0.15) is 13.2 Å². The van der Waals surface area contributed by atoms with Crippen molar-refractivity contribution in [1.82, 2.24) is 0 Å². The van der Waals surface area contributed by atoms with Crippen LogP contribution in [0.25, 0.3) is 0 Å². The molecule has 0 radical (unpaired) electrons. The van der Waals surface area contributed by atoms with Gasteiger partial charge in [-0.15, -0.1) is 0 Å². The number of ether oxygens (including phenoxy) is 4. The number of rotatable bonds is 75. The average Bonchev–Trinajstić information content (AvgIpc) is 3.65. The van der Waals surface area contributed by atoms with Crippen LogP contribution in [0.1, 0.15) is 406 Å². The number of unbranched alkanes of at least 4 members (excludes halogenated alkanes) is 54. The summed E-state index contributed by atoms with van der Waals surface area (Å²) in [5.74, 6) is -1.97. The summed E-state index contributed by atoms with van der Waals surface area (Å²) in [5, 5.41) is 9.77. The fourth-order valence-electron chi connectivity index (χ4n) is 12.1. The molecule has 0 rings (SSSR count). The molecule has 0 aromatic carbocycles. The number of hydrogen-bond acceptors (Lipinski definition) is 7. The van der Waals surface area contributed by atoms with E-state index in [1.54, 1.807) is 0 Å². The van der Waals surface area contributed by atoms with Crippen LogP contribution in [0.4, 0.5) is 0 Å². The third-order valence-electron chi connectivity index (χ3n) is 18.1. The van der Waals surface area contributed by atoms with Crippen LogP contribution in [0.15, 0.2) is 36.5 Å². The molecule has 9 nitrogen and oxygen atoms in total. The minimum atomic E-state index is -1.51. The van der Waals surface area contributed by atoms with Crippen LogP contribution in [0.5, 0.6) is 0 Å². The molecule has 90 heavy (non-hydrogen) atoms. The Kier molecular flexibility index (Phi) is 70.3. The molecule has 9 heteroatoms. The molecule has 0 saturated carbocycles. The third-order valence-corrected chi connectivity index (χ3v) is 18.1. The number of carboxylic acids is 1. The van der Waals surface area contributed by atoms with Crippen LogP contribution >= 0.6 is 0 Å². The second-order valence-electron chi connectivity index (χ2n) is 28.4. The Balaban J connectivity index is 3.95. The summed E-state index contributed by atoms with van der Waals surface area (Å²) in [4.78, 5) is 37.7. The topological polar surface area (TPSA) is 108 Å². The van der Waals surface area contributed by atoms with Crippen LogP contribution < -0.4 is 0 Å². The maximum absolute atomic E-state index is 13.0. The van der Waals surface area contributed by atoms with Gasteiger partial charge in [0, 0.05) is 12.8 Å². The van der Waals surface area contributed by atoms with Crippen molar-refractivity contribution >= 4 is 17.9 Å². The summed E-state index contributed by atoms with van der Waals surface area (Å²) in [6.45, 7) is 4.95. The maximum Gasteiger partial charge on any atom is 0.361 e. The minimum absolute atomic E-state index is 0.174. The van der Waals surface area contributed by atoms with E-state index in [9.17, 15) is 19.5 Å². The van der Waals surface area contributed by atoms with Gasteiger partial charge in [-0.2, -0.15) is 0 Å². The summed E-state index contributed by atoms with van der Waals surface area (Å²) >= 11 is 0. The highest BCUT2D eigenvalue weighted by molar-refractivity contribution is 5.71. The number of carboxylic acid groups (broad SMARTS) is 1. The number of quaternary nitrogens is 1. The molecule has 0 bridgehead atoms. The molecule has 2 atom stereocenters. The molecule has 0 aromatic rings.